The molecule has 1 atom stereocenters. The van der Waals surface area contributed by atoms with Gasteiger partial charge in [0.2, 0.25) is 11.8 Å². The Hall–Kier alpha value is -0.940. The van der Waals surface area contributed by atoms with Crippen molar-refractivity contribution in [2.75, 3.05) is 19.6 Å². The predicted molar refractivity (Wildman–Crippen MR) is 78.3 cm³/mol. The zero-order chi connectivity index (χ0) is 14.9. The number of carbonyl (C=O) groups excluding carboxylic acids is 2. The molecule has 2 amide bonds. The lowest BCUT2D eigenvalue weighted by Crippen LogP contribution is -2.52. The predicted octanol–water partition coefficient (Wildman–Crippen LogP) is 0.986. The van der Waals surface area contributed by atoms with Crippen molar-refractivity contribution in [3.63, 3.8) is 0 Å². The summed E-state index contributed by atoms with van der Waals surface area (Å²) in [5.41, 5.74) is 0.211. The van der Waals surface area contributed by atoms with E-state index in [1.54, 1.807) is 0 Å². The maximum absolute atomic E-state index is 12.1. The zero-order valence-electron chi connectivity index (χ0n) is 13.1. The molecule has 2 aliphatic rings. The van der Waals surface area contributed by atoms with Gasteiger partial charge >= 0.3 is 0 Å². The van der Waals surface area contributed by atoms with Crippen LogP contribution in [0.4, 0.5) is 0 Å². The number of amides is 2. The van der Waals surface area contributed by atoms with Gasteiger partial charge in [0.05, 0.1) is 12.5 Å². The summed E-state index contributed by atoms with van der Waals surface area (Å²) in [5, 5.41) is 3.40. The third-order valence-electron chi connectivity index (χ3n) is 4.44. The monoisotopic (exact) mass is 281 g/mol. The first-order valence-corrected chi connectivity index (χ1v) is 7.68. The fraction of sp³-hybridized carbons (Fsp3) is 0.867. The molecular weight excluding hydrogens is 254 g/mol. The normalized spacial score (nSPS) is 26.6. The average molecular weight is 281 g/mol. The third-order valence-corrected chi connectivity index (χ3v) is 4.44. The van der Waals surface area contributed by atoms with Gasteiger partial charge in [-0.15, -0.1) is 0 Å². The lowest BCUT2D eigenvalue weighted by atomic mass is 9.97. The van der Waals surface area contributed by atoms with Crippen LogP contribution in [0.25, 0.3) is 0 Å². The molecule has 20 heavy (non-hydrogen) atoms. The molecule has 0 aromatic rings. The Kier molecular flexibility index (Phi) is 4.49. The molecule has 2 heterocycles. The van der Waals surface area contributed by atoms with Crippen LogP contribution in [0.2, 0.25) is 0 Å². The summed E-state index contributed by atoms with van der Waals surface area (Å²) in [6.07, 6.45) is 2.41. The third kappa shape index (κ3) is 3.20. The molecule has 2 saturated heterocycles. The van der Waals surface area contributed by atoms with Gasteiger partial charge in [-0.25, -0.2) is 0 Å². The number of likely N-dealkylation sites (N-methyl/N-ethyl adjacent to an activating group) is 1. The maximum Gasteiger partial charge on any atom is 0.246 e. The summed E-state index contributed by atoms with van der Waals surface area (Å²) < 4.78 is 0. The first-order chi connectivity index (χ1) is 9.32. The fourth-order valence-electron chi connectivity index (χ4n) is 3.15. The lowest BCUT2D eigenvalue weighted by molar-refractivity contribution is -0.138. The van der Waals surface area contributed by atoms with Crippen molar-refractivity contribution in [2.45, 2.75) is 64.6 Å². The van der Waals surface area contributed by atoms with Crippen molar-refractivity contribution < 1.29 is 9.59 Å². The highest BCUT2D eigenvalue weighted by Gasteiger charge is 2.39. The molecule has 2 fully saturated rings. The number of nitrogens with one attached hydrogen (secondary N) is 1. The Labute approximate surface area is 121 Å². The van der Waals surface area contributed by atoms with E-state index in [-0.39, 0.29) is 23.4 Å². The Balaban J connectivity index is 1.85. The van der Waals surface area contributed by atoms with Gasteiger partial charge in [0.15, 0.2) is 0 Å². The molecule has 5 heteroatoms. The van der Waals surface area contributed by atoms with Crippen molar-refractivity contribution in [3.8, 4) is 0 Å². The van der Waals surface area contributed by atoms with Crippen LogP contribution in [0.1, 0.15) is 47.0 Å². The smallest absolute Gasteiger partial charge is 0.246 e. The van der Waals surface area contributed by atoms with E-state index in [1.807, 2.05) is 6.92 Å². The topological polar surface area (TPSA) is 52.7 Å². The van der Waals surface area contributed by atoms with E-state index >= 15 is 0 Å². The minimum absolute atomic E-state index is 0.0397. The summed E-state index contributed by atoms with van der Waals surface area (Å²) in [5.74, 6) is -0.0853. The van der Waals surface area contributed by atoms with Crippen LogP contribution in [0.15, 0.2) is 0 Å². The number of rotatable bonds is 3. The second kappa shape index (κ2) is 5.82. The molecule has 5 nitrogen and oxygen atoms in total. The van der Waals surface area contributed by atoms with Gasteiger partial charge < -0.3 is 5.32 Å². The Morgan fingerprint density at radius 2 is 1.80 bits per heavy atom. The Morgan fingerprint density at radius 3 is 2.25 bits per heavy atom. The standard InChI is InChI=1S/C15H27N3O2/c1-5-18-13(19)10-12(14(18)20)16-11-6-8-17(9-7-11)15(2,3)4/h11-12,16H,5-10H2,1-4H3. The van der Waals surface area contributed by atoms with Crippen LogP contribution in [0.3, 0.4) is 0 Å². The van der Waals surface area contributed by atoms with Gasteiger partial charge in [0.1, 0.15) is 0 Å². The number of imide groups is 1. The summed E-state index contributed by atoms with van der Waals surface area (Å²) in [6.45, 7) is 11.1. The molecule has 114 valence electrons. The molecule has 1 N–H and O–H groups in total. The number of nitrogens with zero attached hydrogens (tertiary/aromatic N) is 2. The Morgan fingerprint density at radius 1 is 1.20 bits per heavy atom. The maximum atomic E-state index is 12.1. The van der Waals surface area contributed by atoms with Crippen LogP contribution < -0.4 is 5.32 Å². The van der Waals surface area contributed by atoms with E-state index in [2.05, 4.69) is 31.0 Å². The van der Waals surface area contributed by atoms with Crippen LogP contribution in [0.5, 0.6) is 0 Å². The van der Waals surface area contributed by atoms with Crippen molar-refractivity contribution in [2.24, 2.45) is 0 Å². The first-order valence-electron chi connectivity index (χ1n) is 7.68. The van der Waals surface area contributed by atoms with Gasteiger partial charge in [-0.3, -0.25) is 19.4 Å². The summed E-state index contributed by atoms with van der Waals surface area (Å²) in [7, 11) is 0. The first kappa shape index (κ1) is 15.4. The molecule has 0 spiro atoms. The van der Waals surface area contributed by atoms with E-state index in [0.29, 0.717) is 19.0 Å². The van der Waals surface area contributed by atoms with Gasteiger partial charge in [-0.05, 0) is 40.5 Å². The average Bonchev–Trinajstić information content (AvgIpc) is 2.63. The van der Waals surface area contributed by atoms with Crippen LogP contribution in [0, 0.1) is 0 Å². The number of hydrogen-bond acceptors (Lipinski definition) is 4. The van der Waals surface area contributed by atoms with Crippen molar-refractivity contribution in [1.29, 1.82) is 0 Å². The molecular formula is C15H27N3O2. The largest absolute Gasteiger partial charge is 0.303 e. The molecule has 2 aliphatic heterocycles. The minimum atomic E-state index is -0.298. The molecule has 2 rings (SSSR count). The Bertz CT molecular complexity index is 381. The van der Waals surface area contributed by atoms with Gasteiger partial charge in [-0.1, -0.05) is 0 Å². The lowest BCUT2D eigenvalue weighted by Gasteiger charge is -2.41. The number of likely N-dealkylation sites (tertiary alicyclic amines) is 2. The second-order valence-electron chi connectivity index (χ2n) is 6.83. The molecule has 0 aliphatic carbocycles. The minimum Gasteiger partial charge on any atom is -0.303 e. The SMILES string of the molecule is CCN1C(=O)CC(NC2CCN(C(C)(C)C)CC2)C1=O. The van der Waals surface area contributed by atoms with Crippen LogP contribution >= 0.6 is 0 Å². The van der Waals surface area contributed by atoms with Crippen molar-refractivity contribution in [3.05, 3.63) is 0 Å². The highest BCUT2D eigenvalue weighted by atomic mass is 16.2. The molecule has 0 radical (unpaired) electrons. The van der Waals surface area contributed by atoms with Crippen molar-refractivity contribution in [1.82, 2.24) is 15.1 Å². The number of carbonyl (C=O) groups is 2. The van der Waals surface area contributed by atoms with E-state index < -0.39 is 0 Å². The van der Waals surface area contributed by atoms with E-state index in [4.69, 9.17) is 0 Å². The summed E-state index contributed by atoms with van der Waals surface area (Å²) in [6, 6.07) is 0.0563. The highest BCUT2D eigenvalue weighted by Crippen LogP contribution is 2.21. The number of hydrogen-bond donors (Lipinski definition) is 1. The molecule has 0 bridgehead atoms. The fourth-order valence-corrected chi connectivity index (χ4v) is 3.15. The van der Waals surface area contributed by atoms with E-state index in [9.17, 15) is 9.59 Å². The van der Waals surface area contributed by atoms with Gasteiger partial charge in [0, 0.05) is 31.2 Å². The highest BCUT2D eigenvalue weighted by molar-refractivity contribution is 6.05. The van der Waals surface area contributed by atoms with E-state index in [1.165, 1.54) is 4.90 Å². The molecule has 0 aromatic carbocycles. The van der Waals surface area contributed by atoms with Gasteiger partial charge in [0.25, 0.3) is 0 Å². The number of piperidine rings is 1. The summed E-state index contributed by atoms with van der Waals surface area (Å²) >= 11 is 0. The van der Waals surface area contributed by atoms with Crippen molar-refractivity contribution >= 4 is 11.8 Å². The molecule has 1 unspecified atom stereocenters. The van der Waals surface area contributed by atoms with Crippen LogP contribution in [-0.4, -0.2) is 58.9 Å². The quantitative estimate of drug-likeness (QED) is 0.784. The molecule has 0 aromatic heterocycles. The second-order valence-corrected chi connectivity index (χ2v) is 6.83. The van der Waals surface area contributed by atoms with Gasteiger partial charge in [-0.2, -0.15) is 0 Å². The molecule has 0 saturated carbocycles. The summed E-state index contributed by atoms with van der Waals surface area (Å²) in [4.78, 5) is 27.6. The van der Waals surface area contributed by atoms with Crippen LogP contribution in [-0.2, 0) is 9.59 Å². The zero-order valence-corrected chi connectivity index (χ0v) is 13.1. The van der Waals surface area contributed by atoms with E-state index in [0.717, 1.165) is 25.9 Å².